The highest BCUT2D eigenvalue weighted by molar-refractivity contribution is 5.87. The van der Waals surface area contributed by atoms with Gasteiger partial charge in [0.05, 0.1) is 18.3 Å². The van der Waals surface area contributed by atoms with Crippen LogP contribution in [0, 0.1) is 0 Å². The Bertz CT molecular complexity index is 1040. The van der Waals surface area contributed by atoms with Crippen molar-refractivity contribution < 1.29 is 4.74 Å². The SMILES string of the molecule is COc1cc2nn(C)cc2cc1-c1ccc(N(C)C2CC(C)(C)NC(C)(C)C2)nn1. The van der Waals surface area contributed by atoms with Gasteiger partial charge in [-0.05, 0) is 58.7 Å². The van der Waals surface area contributed by atoms with Crippen LogP contribution in [0.4, 0.5) is 5.82 Å². The number of nitrogens with zero attached hydrogens (tertiary/aromatic N) is 5. The topological polar surface area (TPSA) is 68.1 Å². The molecule has 2 aromatic heterocycles. The molecule has 1 aliphatic rings. The summed E-state index contributed by atoms with van der Waals surface area (Å²) in [6, 6.07) is 8.49. The molecule has 1 saturated heterocycles. The van der Waals surface area contributed by atoms with Crippen LogP contribution in [0.15, 0.2) is 30.5 Å². The predicted octanol–water partition coefficient (Wildman–Crippen LogP) is 3.78. The number of methoxy groups -OCH3 is 1. The van der Waals surface area contributed by atoms with Crippen LogP contribution < -0.4 is 15.0 Å². The average molecular weight is 409 g/mol. The fourth-order valence-corrected chi connectivity index (χ4v) is 4.93. The minimum atomic E-state index is 0.0839. The highest BCUT2D eigenvalue weighted by Crippen LogP contribution is 2.35. The molecule has 0 unspecified atom stereocenters. The Balaban J connectivity index is 1.62. The zero-order valence-electron chi connectivity index (χ0n) is 19.0. The van der Waals surface area contributed by atoms with Crippen molar-refractivity contribution in [1.82, 2.24) is 25.3 Å². The number of aromatic nitrogens is 4. The summed E-state index contributed by atoms with van der Waals surface area (Å²) < 4.78 is 7.41. The van der Waals surface area contributed by atoms with Crippen LogP contribution in [-0.4, -0.2) is 51.3 Å². The van der Waals surface area contributed by atoms with E-state index in [4.69, 9.17) is 4.74 Å². The third kappa shape index (κ3) is 3.99. The number of rotatable bonds is 4. The van der Waals surface area contributed by atoms with E-state index in [9.17, 15) is 0 Å². The van der Waals surface area contributed by atoms with Crippen LogP contribution >= 0.6 is 0 Å². The molecule has 1 fully saturated rings. The van der Waals surface area contributed by atoms with Crippen LogP contribution in [0.2, 0.25) is 0 Å². The van der Waals surface area contributed by atoms with E-state index in [1.807, 2.05) is 25.4 Å². The van der Waals surface area contributed by atoms with Crippen molar-refractivity contribution >= 4 is 16.7 Å². The van der Waals surface area contributed by atoms with Gasteiger partial charge in [0.2, 0.25) is 0 Å². The Labute approximate surface area is 178 Å². The minimum Gasteiger partial charge on any atom is -0.496 e. The van der Waals surface area contributed by atoms with E-state index in [0.29, 0.717) is 6.04 Å². The number of aryl methyl sites for hydroxylation is 1. The molecule has 0 spiro atoms. The molecule has 4 rings (SSSR count). The van der Waals surface area contributed by atoms with E-state index in [1.54, 1.807) is 11.8 Å². The first-order valence-corrected chi connectivity index (χ1v) is 10.4. The third-order valence-electron chi connectivity index (χ3n) is 5.94. The first kappa shape index (κ1) is 20.6. The first-order valence-electron chi connectivity index (χ1n) is 10.4. The lowest BCUT2D eigenvalue weighted by Gasteiger charge is -2.49. The smallest absolute Gasteiger partial charge is 0.151 e. The van der Waals surface area contributed by atoms with Crippen LogP contribution in [0.1, 0.15) is 40.5 Å². The zero-order valence-corrected chi connectivity index (χ0v) is 19.0. The molecule has 160 valence electrons. The molecule has 0 aliphatic carbocycles. The Morgan fingerprint density at radius 1 is 1.10 bits per heavy atom. The first-order chi connectivity index (χ1) is 14.1. The standard InChI is InChI=1S/C23H32N6O/c1-22(2)12-16(13-23(3,4)27-22)29(6)21-9-8-18(24-25-21)17-10-15-14-28(5)26-19(15)11-20(17)30-7/h8-11,14,16,27H,12-13H2,1-7H3. The second kappa shape index (κ2) is 7.23. The lowest BCUT2D eigenvalue weighted by molar-refractivity contribution is 0.160. The molecule has 0 atom stereocenters. The van der Waals surface area contributed by atoms with Gasteiger partial charge in [0.25, 0.3) is 0 Å². The summed E-state index contributed by atoms with van der Waals surface area (Å²) in [4.78, 5) is 2.27. The summed E-state index contributed by atoms with van der Waals surface area (Å²) in [6.45, 7) is 9.07. The Morgan fingerprint density at radius 2 is 1.80 bits per heavy atom. The van der Waals surface area contributed by atoms with E-state index in [0.717, 1.165) is 46.6 Å². The molecule has 30 heavy (non-hydrogen) atoms. The van der Waals surface area contributed by atoms with Crippen molar-refractivity contribution in [3.05, 3.63) is 30.5 Å². The molecule has 0 amide bonds. The van der Waals surface area contributed by atoms with Gasteiger partial charge in [0.15, 0.2) is 5.82 Å². The molecule has 1 aliphatic heterocycles. The second-order valence-corrected chi connectivity index (χ2v) is 9.76. The van der Waals surface area contributed by atoms with Crippen molar-refractivity contribution in [3.8, 4) is 17.0 Å². The Morgan fingerprint density at radius 3 is 2.40 bits per heavy atom. The number of piperidine rings is 1. The summed E-state index contributed by atoms with van der Waals surface area (Å²) in [7, 11) is 5.71. The fourth-order valence-electron chi connectivity index (χ4n) is 4.93. The quantitative estimate of drug-likeness (QED) is 0.709. The van der Waals surface area contributed by atoms with Crippen LogP contribution in [-0.2, 0) is 7.05 Å². The van der Waals surface area contributed by atoms with Gasteiger partial charge >= 0.3 is 0 Å². The van der Waals surface area contributed by atoms with Gasteiger partial charge in [0.1, 0.15) is 5.75 Å². The summed E-state index contributed by atoms with van der Waals surface area (Å²) >= 11 is 0. The lowest BCUT2D eigenvalue weighted by Crippen LogP contribution is -2.62. The number of fused-ring (bicyclic) bond motifs is 1. The molecule has 0 saturated carbocycles. The van der Waals surface area contributed by atoms with Gasteiger partial charge < -0.3 is 15.0 Å². The molecule has 7 heteroatoms. The van der Waals surface area contributed by atoms with Crippen LogP contribution in [0.3, 0.4) is 0 Å². The molecule has 7 nitrogen and oxygen atoms in total. The average Bonchev–Trinajstić information content (AvgIpc) is 3.03. The fraction of sp³-hybridized carbons (Fsp3) is 0.522. The molecular formula is C23H32N6O. The van der Waals surface area contributed by atoms with Gasteiger partial charge in [-0.25, -0.2) is 0 Å². The maximum Gasteiger partial charge on any atom is 0.151 e. The van der Waals surface area contributed by atoms with Crippen molar-refractivity contribution in [2.24, 2.45) is 7.05 Å². The number of hydrogen-bond donors (Lipinski definition) is 1. The maximum atomic E-state index is 5.60. The molecule has 1 N–H and O–H groups in total. The summed E-state index contributed by atoms with van der Waals surface area (Å²) in [5.74, 6) is 1.64. The predicted molar refractivity (Wildman–Crippen MR) is 121 cm³/mol. The van der Waals surface area contributed by atoms with E-state index in [2.05, 4.69) is 72.4 Å². The van der Waals surface area contributed by atoms with Crippen molar-refractivity contribution in [3.63, 3.8) is 0 Å². The van der Waals surface area contributed by atoms with Gasteiger partial charge in [-0.3, -0.25) is 4.68 Å². The summed E-state index contributed by atoms with van der Waals surface area (Å²) in [5, 5.41) is 18.4. The number of ether oxygens (including phenoxy) is 1. The zero-order chi connectivity index (χ0) is 21.7. The highest BCUT2D eigenvalue weighted by Gasteiger charge is 2.39. The molecule has 3 heterocycles. The van der Waals surface area contributed by atoms with Gasteiger partial charge in [0, 0.05) is 54.4 Å². The molecule has 0 bridgehead atoms. The van der Waals surface area contributed by atoms with Crippen LogP contribution in [0.5, 0.6) is 5.75 Å². The van der Waals surface area contributed by atoms with Gasteiger partial charge in [-0.1, -0.05) is 0 Å². The monoisotopic (exact) mass is 408 g/mol. The van der Waals surface area contributed by atoms with Crippen LogP contribution in [0.25, 0.3) is 22.2 Å². The normalized spacial score (nSPS) is 18.5. The molecule has 0 radical (unpaired) electrons. The lowest BCUT2D eigenvalue weighted by atomic mass is 9.79. The number of benzene rings is 1. The minimum absolute atomic E-state index is 0.0839. The number of anilines is 1. The van der Waals surface area contributed by atoms with Crippen molar-refractivity contribution in [1.29, 1.82) is 0 Å². The molecule has 3 aromatic rings. The number of nitrogens with one attached hydrogen (secondary N) is 1. The molecule has 1 aromatic carbocycles. The third-order valence-corrected chi connectivity index (χ3v) is 5.94. The highest BCUT2D eigenvalue weighted by atomic mass is 16.5. The van der Waals surface area contributed by atoms with Crippen molar-refractivity contribution in [2.75, 3.05) is 19.1 Å². The summed E-state index contributed by atoms with van der Waals surface area (Å²) in [6.07, 6.45) is 4.11. The molecular weight excluding hydrogens is 376 g/mol. The Hall–Kier alpha value is -2.67. The maximum absolute atomic E-state index is 5.60. The van der Waals surface area contributed by atoms with E-state index in [-0.39, 0.29) is 11.1 Å². The number of hydrogen-bond acceptors (Lipinski definition) is 6. The summed E-state index contributed by atoms with van der Waals surface area (Å²) in [5.41, 5.74) is 2.78. The van der Waals surface area contributed by atoms with Crippen molar-refractivity contribution in [2.45, 2.75) is 57.7 Å². The Kier molecular flexibility index (Phi) is 4.97. The van der Waals surface area contributed by atoms with Gasteiger partial charge in [-0.2, -0.15) is 5.10 Å². The second-order valence-electron chi connectivity index (χ2n) is 9.76. The van der Waals surface area contributed by atoms with E-state index in [1.165, 1.54) is 0 Å². The van der Waals surface area contributed by atoms with E-state index >= 15 is 0 Å². The largest absolute Gasteiger partial charge is 0.496 e. The van der Waals surface area contributed by atoms with E-state index < -0.39 is 0 Å². The van der Waals surface area contributed by atoms with Gasteiger partial charge in [-0.15, -0.1) is 10.2 Å².